The summed E-state index contributed by atoms with van der Waals surface area (Å²) in [7, 11) is 0. The molecule has 7 nitrogen and oxygen atoms in total. The number of hydrogen-bond donors (Lipinski definition) is 4. The van der Waals surface area contributed by atoms with Crippen molar-refractivity contribution < 1.29 is 32.7 Å². The first kappa shape index (κ1) is 18.5. The fourth-order valence-electron chi connectivity index (χ4n) is 2.63. The lowest BCUT2D eigenvalue weighted by Crippen LogP contribution is -2.37. The van der Waals surface area contributed by atoms with Gasteiger partial charge in [0.05, 0.1) is 11.3 Å². The van der Waals surface area contributed by atoms with Crippen LogP contribution in [0.3, 0.4) is 0 Å². The summed E-state index contributed by atoms with van der Waals surface area (Å²) < 4.78 is 44.8. The number of benzene rings is 2. The molecule has 0 spiro atoms. The molecule has 27 heavy (non-hydrogen) atoms. The lowest BCUT2D eigenvalue weighted by Gasteiger charge is -2.19. The van der Waals surface area contributed by atoms with Crippen LogP contribution in [0, 0.1) is 0 Å². The monoisotopic (exact) mass is 381 g/mol. The number of nitrogens with one attached hydrogen (secondary N) is 3. The second-order valence-electron chi connectivity index (χ2n) is 5.69. The zero-order valence-corrected chi connectivity index (χ0v) is 13.6. The van der Waals surface area contributed by atoms with Crippen LogP contribution in [0.15, 0.2) is 42.5 Å². The topological polar surface area (TPSA) is 99.7 Å². The third kappa shape index (κ3) is 3.95. The van der Waals surface area contributed by atoms with Crippen molar-refractivity contribution in [3.05, 3.63) is 53.6 Å². The molecule has 3 rings (SSSR count). The fraction of sp³-hybridized carbons (Fsp3) is 0.176. The average molecular weight is 381 g/mol. The van der Waals surface area contributed by atoms with Crippen LogP contribution >= 0.6 is 0 Å². The Bertz CT molecular complexity index is 869. The molecule has 10 heteroatoms. The number of carbonyl (C=O) groups excluding carboxylic acids is 2. The molecular formula is C17H14F3N3O4. The molecule has 142 valence electrons. The van der Waals surface area contributed by atoms with Gasteiger partial charge in [-0.1, -0.05) is 12.1 Å². The van der Waals surface area contributed by atoms with E-state index in [0.29, 0.717) is 11.4 Å². The van der Waals surface area contributed by atoms with Gasteiger partial charge in [-0.2, -0.15) is 13.2 Å². The standard InChI is InChI=1S/C17H14F3N3O4/c18-17(19,20)12-3-1-2-11-14(22-13(24)8-27-15(11)12)16(25)21-9-4-6-10(23-26)7-5-9/h1-7,14,23,26H,8H2,(H,21,25)(H,22,24). The number of alkyl halides is 3. The molecule has 1 aliphatic heterocycles. The van der Waals surface area contributed by atoms with Crippen molar-refractivity contribution in [2.45, 2.75) is 12.2 Å². The number of hydrogen-bond acceptors (Lipinski definition) is 5. The molecule has 0 saturated carbocycles. The Morgan fingerprint density at radius 3 is 2.44 bits per heavy atom. The average Bonchev–Trinajstić information content (AvgIpc) is 2.80. The summed E-state index contributed by atoms with van der Waals surface area (Å²) in [6, 6.07) is 7.78. The maximum absolute atomic E-state index is 13.2. The van der Waals surface area contributed by atoms with Crippen molar-refractivity contribution in [3.8, 4) is 5.75 Å². The summed E-state index contributed by atoms with van der Waals surface area (Å²) in [6.45, 7) is -0.638. The SMILES string of the molecule is O=C1COc2c(cccc2C(F)(F)F)C(C(=O)Nc2ccc(NO)cc2)N1. The highest BCUT2D eigenvalue weighted by molar-refractivity contribution is 5.99. The number of ether oxygens (including phenoxy) is 1. The van der Waals surface area contributed by atoms with Crippen LogP contribution in [0.2, 0.25) is 0 Å². The Hall–Kier alpha value is -3.27. The normalized spacial score (nSPS) is 16.4. The van der Waals surface area contributed by atoms with Crippen LogP contribution in [0.4, 0.5) is 24.5 Å². The largest absolute Gasteiger partial charge is 0.483 e. The Morgan fingerprint density at radius 1 is 1.15 bits per heavy atom. The summed E-state index contributed by atoms with van der Waals surface area (Å²) in [4.78, 5) is 24.4. The van der Waals surface area contributed by atoms with Crippen molar-refractivity contribution in [1.82, 2.24) is 5.32 Å². The number of amides is 2. The molecule has 2 aromatic carbocycles. The minimum atomic E-state index is -4.70. The lowest BCUT2D eigenvalue weighted by atomic mass is 10.0. The van der Waals surface area contributed by atoms with Gasteiger partial charge in [0.15, 0.2) is 6.61 Å². The molecule has 1 aliphatic rings. The molecule has 2 amide bonds. The van der Waals surface area contributed by atoms with Crippen molar-refractivity contribution in [2.75, 3.05) is 17.4 Å². The molecule has 1 unspecified atom stereocenters. The van der Waals surface area contributed by atoms with Crippen LogP contribution in [0.1, 0.15) is 17.2 Å². The van der Waals surface area contributed by atoms with Crippen LogP contribution in [0.25, 0.3) is 0 Å². The van der Waals surface area contributed by atoms with Crippen molar-refractivity contribution in [1.29, 1.82) is 0 Å². The zero-order chi connectivity index (χ0) is 19.6. The van der Waals surface area contributed by atoms with Gasteiger partial charge in [-0.15, -0.1) is 0 Å². The Balaban J connectivity index is 1.94. The van der Waals surface area contributed by atoms with Crippen LogP contribution < -0.4 is 20.9 Å². The molecule has 0 radical (unpaired) electrons. The summed E-state index contributed by atoms with van der Waals surface area (Å²) in [5.74, 6) is -2.01. The summed E-state index contributed by atoms with van der Waals surface area (Å²) in [5, 5.41) is 13.7. The summed E-state index contributed by atoms with van der Waals surface area (Å²) in [6.07, 6.45) is -4.70. The van der Waals surface area contributed by atoms with Gasteiger partial charge >= 0.3 is 6.18 Å². The first-order valence-corrected chi connectivity index (χ1v) is 7.73. The fourth-order valence-corrected chi connectivity index (χ4v) is 2.63. The van der Waals surface area contributed by atoms with Gasteiger partial charge in [0.2, 0.25) is 0 Å². The van der Waals surface area contributed by atoms with Crippen molar-refractivity contribution in [2.24, 2.45) is 0 Å². The van der Waals surface area contributed by atoms with E-state index < -0.39 is 42.0 Å². The van der Waals surface area contributed by atoms with Gasteiger partial charge in [-0.25, -0.2) is 0 Å². The van der Waals surface area contributed by atoms with Gasteiger partial charge in [0.25, 0.3) is 11.8 Å². The smallest absolute Gasteiger partial charge is 0.419 e. The molecule has 0 bridgehead atoms. The van der Waals surface area contributed by atoms with Gasteiger partial charge in [-0.05, 0) is 30.3 Å². The van der Waals surface area contributed by atoms with E-state index in [1.807, 2.05) is 5.48 Å². The van der Waals surface area contributed by atoms with Gasteiger partial charge < -0.3 is 15.4 Å². The third-order valence-corrected chi connectivity index (χ3v) is 3.86. The Kier molecular flexibility index (Phi) is 4.91. The Labute approximate surface area is 151 Å². The highest BCUT2D eigenvalue weighted by Crippen LogP contribution is 2.41. The van der Waals surface area contributed by atoms with Crippen LogP contribution in [0.5, 0.6) is 5.75 Å². The number of fused-ring (bicyclic) bond motifs is 1. The highest BCUT2D eigenvalue weighted by atomic mass is 19.4. The minimum absolute atomic E-state index is 0.0955. The molecule has 4 N–H and O–H groups in total. The molecule has 1 atom stereocenters. The van der Waals surface area contributed by atoms with Crippen LogP contribution in [-0.4, -0.2) is 23.6 Å². The van der Waals surface area contributed by atoms with Gasteiger partial charge in [0.1, 0.15) is 11.8 Å². The van der Waals surface area contributed by atoms with Crippen molar-refractivity contribution >= 4 is 23.2 Å². The van der Waals surface area contributed by atoms with E-state index in [2.05, 4.69) is 10.6 Å². The van der Waals surface area contributed by atoms with Gasteiger partial charge in [-0.3, -0.25) is 20.3 Å². The molecule has 0 aromatic heterocycles. The summed E-state index contributed by atoms with van der Waals surface area (Å²) in [5.41, 5.74) is 1.47. The predicted octanol–water partition coefficient (Wildman–Crippen LogP) is 2.69. The van der Waals surface area contributed by atoms with Crippen LogP contribution in [-0.2, 0) is 15.8 Å². The van der Waals surface area contributed by atoms with E-state index in [1.54, 1.807) is 0 Å². The molecule has 1 heterocycles. The van der Waals surface area contributed by atoms with E-state index in [1.165, 1.54) is 30.3 Å². The molecule has 0 aliphatic carbocycles. The quantitative estimate of drug-likeness (QED) is 0.613. The number of para-hydroxylation sites is 1. The van der Waals surface area contributed by atoms with E-state index in [4.69, 9.17) is 9.94 Å². The molecule has 2 aromatic rings. The Morgan fingerprint density at radius 2 is 1.81 bits per heavy atom. The maximum atomic E-state index is 13.2. The minimum Gasteiger partial charge on any atom is -0.483 e. The molecule has 0 fully saturated rings. The molecule has 0 saturated heterocycles. The summed E-state index contributed by atoms with van der Waals surface area (Å²) >= 11 is 0. The van der Waals surface area contributed by atoms with E-state index >= 15 is 0 Å². The molecular weight excluding hydrogens is 367 g/mol. The van der Waals surface area contributed by atoms with E-state index in [9.17, 15) is 22.8 Å². The first-order valence-electron chi connectivity index (χ1n) is 7.73. The van der Waals surface area contributed by atoms with Crippen molar-refractivity contribution in [3.63, 3.8) is 0 Å². The predicted molar refractivity (Wildman–Crippen MR) is 88.3 cm³/mol. The zero-order valence-electron chi connectivity index (χ0n) is 13.6. The number of anilines is 2. The number of carbonyl (C=O) groups is 2. The third-order valence-electron chi connectivity index (χ3n) is 3.86. The second kappa shape index (κ2) is 7.16. The maximum Gasteiger partial charge on any atom is 0.419 e. The second-order valence-corrected chi connectivity index (χ2v) is 5.69. The highest BCUT2D eigenvalue weighted by Gasteiger charge is 2.39. The number of rotatable bonds is 3. The van der Waals surface area contributed by atoms with E-state index in [-0.39, 0.29) is 5.56 Å². The first-order chi connectivity index (χ1) is 12.8. The lowest BCUT2D eigenvalue weighted by molar-refractivity contribution is -0.139. The van der Waals surface area contributed by atoms with E-state index in [0.717, 1.165) is 12.1 Å². The van der Waals surface area contributed by atoms with Gasteiger partial charge in [0, 0.05) is 11.3 Å². The number of halogens is 3.